The van der Waals surface area contributed by atoms with E-state index in [-0.39, 0.29) is 11.9 Å². The van der Waals surface area contributed by atoms with E-state index >= 15 is 0 Å². The van der Waals surface area contributed by atoms with Crippen molar-refractivity contribution in [2.75, 3.05) is 26.8 Å². The van der Waals surface area contributed by atoms with Gasteiger partial charge in [0.25, 0.3) is 0 Å². The predicted molar refractivity (Wildman–Crippen MR) is 63.1 cm³/mol. The minimum absolute atomic E-state index is 0.215. The maximum atomic E-state index is 13.6. The zero-order chi connectivity index (χ0) is 12.0. The van der Waals surface area contributed by atoms with Crippen LogP contribution in [0.15, 0.2) is 18.2 Å². The highest BCUT2D eigenvalue weighted by molar-refractivity contribution is 6.30. The number of hydrogen-bond acceptors (Lipinski definition) is 3. The van der Waals surface area contributed by atoms with Gasteiger partial charge in [-0.2, -0.15) is 0 Å². The van der Waals surface area contributed by atoms with Gasteiger partial charge in [0.05, 0.1) is 6.61 Å². The van der Waals surface area contributed by atoms with Crippen molar-refractivity contribution in [3.8, 4) is 0 Å². The van der Waals surface area contributed by atoms with Crippen molar-refractivity contribution in [1.82, 2.24) is 5.32 Å². The first-order chi connectivity index (χ1) is 7.69. The number of ether oxygens (including phenoxy) is 1. The molecule has 1 aromatic carbocycles. The Labute approximate surface area is 99.7 Å². The molecule has 0 bridgehead atoms. The lowest BCUT2D eigenvalue weighted by atomic mass is 10.1. The average molecular weight is 247 g/mol. The van der Waals surface area contributed by atoms with E-state index in [1.165, 1.54) is 6.07 Å². The number of nitrogens with two attached hydrogens (primary N) is 1. The highest BCUT2D eigenvalue weighted by atomic mass is 35.5. The molecule has 1 aromatic rings. The SMILES string of the molecule is COCCNC(CN)c1ccc(Cl)cc1F. The molecule has 3 N–H and O–H groups in total. The summed E-state index contributed by atoms with van der Waals surface area (Å²) in [7, 11) is 1.61. The molecule has 5 heteroatoms. The minimum Gasteiger partial charge on any atom is -0.383 e. The number of halogens is 2. The van der Waals surface area contributed by atoms with Gasteiger partial charge < -0.3 is 15.8 Å². The van der Waals surface area contributed by atoms with Crippen LogP contribution in [0.4, 0.5) is 4.39 Å². The average Bonchev–Trinajstić information content (AvgIpc) is 2.26. The zero-order valence-electron chi connectivity index (χ0n) is 9.17. The third kappa shape index (κ3) is 3.72. The van der Waals surface area contributed by atoms with Gasteiger partial charge in [-0.1, -0.05) is 17.7 Å². The molecule has 0 aliphatic heterocycles. The largest absolute Gasteiger partial charge is 0.383 e. The first kappa shape index (κ1) is 13.4. The Morgan fingerprint density at radius 3 is 2.88 bits per heavy atom. The minimum atomic E-state index is -0.340. The van der Waals surface area contributed by atoms with Crippen LogP contribution in [-0.4, -0.2) is 26.8 Å². The molecule has 0 saturated carbocycles. The highest BCUT2D eigenvalue weighted by Gasteiger charge is 2.13. The number of nitrogens with one attached hydrogen (secondary N) is 1. The van der Waals surface area contributed by atoms with Crippen LogP contribution in [0.3, 0.4) is 0 Å². The second-order valence-electron chi connectivity index (χ2n) is 3.40. The molecule has 0 saturated heterocycles. The molecule has 0 fully saturated rings. The van der Waals surface area contributed by atoms with Gasteiger partial charge >= 0.3 is 0 Å². The molecule has 1 rings (SSSR count). The van der Waals surface area contributed by atoms with Crippen molar-refractivity contribution in [3.63, 3.8) is 0 Å². The molecule has 16 heavy (non-hydrogen) atoms. The molecule has 0 aliphatic rings. The summed E-state index contributed by atoms with van der Waals surface area (Å²) < 4.78 is 18.5. The lowest BCUT2D eigenvalue weighted by Crippen LogP contribution is -2.31. The van der Waals surface area contributed by atoms with E-state index in [1.807, 2.05) is 0 Å². The van der Waals surface area contributed by atoms with Crippen molar-refractivity contribution in [1.29, 1.82) is 0 Å². The Morgan fingerprint density at radius 2 is 2.31 bits per heavy atom. The second kappa shape index (κ2) is 6.81. The van der Waals surface area contributed by atoms with E-state index in [4.69, 9.17) is 22.1 Å². The molecular formula is C11H16ClFN2O. The Morgan fingerprint density at radius 1 is 1.56 bits per heavy atom. The van der Waals surface area contributed by atoms with Crippen LogP contribution in [0, 0.1) is 5.82 Å². The van der Waals surface area contributed by atoms with E-state index < -0.39 is 0 Å². The fraction of sp³-hybridized carbons (Fsp3) is 0.455. The van der Waals surface area contributed by atoms with Crippen molar-refractivity contribution >= 4 is 11.6 Å². The van der Waals surface area contributed by atoms with E-state index in [2.05, 4.69) is 5.32 Å². The van der Waals surface area contributed by atoms with Gasteiger partial charge in [-0.15, -0.1) is 0 Å². The summed E-state index contributed by atoms with van der Waals surface area (Å²) >= 11 is 5.68. The van der Waals surface area contributed by atoms with Crippen molar-refractivity contribution < 1.29 is 9.13 Å². The van der Waals surface area contributed by atoms with Crippen molar-refractivity contribution in [2.24, 2.45) is 5.73 Å². The normalized spacial score (nSPS) is 12.8. The molecule has 90 valence electrons. The standard InChI is InChI=1S/C11H16ClFN2O/c1-16-5-4-15-11(7-14)9-3-2-8(12)6-10(9)13/h2-3,6,11,15H,4-5,7,14H2,1H3. The maximum Gasteiger partial charge on any atom is 0.129 e. The smallest absolute Gasteiger partial charge is 0.129 e. The fourth-order valence-corrected chi connectivity index (χ4v) is 1.60. The van der Waals surface area contributed by atoms with Gasteiger partial charge in [0, 0.05) is 36.8 Å². The maximum absolute atomic E-state index is 13.6. The molecule has 0 radical (unpaired) electrons. The van der Waals surface area contributed by atoms with E-state index in [9.17, 15) is 4.39 Å². The summed E-state index contributed by atoms with van der Waals surface area (Å²) in [6.07, 6.45) is 0. The van der Waals surface area contributed by atoms with Gasteiger partial charge in [0.15, 0.2) is 0 Å². The molecule has 3 nitrogen and oxygen atoms in total. The zero-order valence-corrected chi connectivity index (χ0v) is 9.93. The number of rotatable bonds is 6. The lowest BCUT2D eigenvalue weighted by Gasteiger charge is -2.17. The summed E-state index contributed by atoms with van der Waals surface area (Å²) in [5.41, 5.74) is 6.12. The molecule has 1 atom stereocenters. The van der Waals surface area contributed by atoms with Gasteiger partial charge in [0.2, 0.25) is 0 Å². The third-order valence-corrected chi connectivity index (χ3v) is 2.51. The molecule has 0 spiro atoms. The predicted octanol–water partition coefficient (Wildman–Crippen LogP) is 1.71. The van der Waals surface area contributed by atoms with E-state index in [0.717, 1.165) is 0 Å². The van der Waals surface area contributed by atoms with Gasteiger partial charge in [-0.3, -0.25) is 0 Å². The first-order valence-electron chi connectivity index (χ1n) is 5.06. The van der Waals surface area contributed by atoms with Crippen LogP contribution < -0.4 is 11.1 Å². The summed E-state index contributed by atoms with van der Waals surface area (Å²) in [6.45, 7) is 1.51. The van der Waals surface area contributed by atoms with Crippen LogP contribution in [0.5, 0.6) is 0 Å². The highest BCUT2D eigenvalue weighted by Crippen LogP contribution is 2.20. The van der Waals surface area contributed by atoms with E-state index in [0.29, 0.717) is 30.3 Å². The quantitative estimate of drug-likeness (QED) is 0.752. The van der Waals surface area contributed by atoms with Crippen LogP contribution >= 0.6 is 11.6 Å². The summed E-state index contributed by atoms with van der Waals surface area (Å²) in [5.74, 6) is -0.340. The Kier molecular flexibility index (Phi) is 5.69. The Hall–Kier alpha value is -0.680. The molecule has 0 aliphatic carbocycles. The molecule has 0 aromatic heterocycles. The number of methoxy groups -OCH3 is 1. The van der Waals surface area contributed by atoms with Crippen molar-refractivity contribution in [2.45, 2.75) is 6.04 Å². The first-order valence-corrected chi connectivity index (χ1v) is 5.44. The topological polar surface area (TPSA) is 47.3 Å². The van der Waals surface area contributed by atoms with E-state index in [1.54, 1.807) is 19.2 Å². The fourth-order valence-electron chi connectivity index (χ4n) is 1.44. The summed E-state index contributed by atoms with van der Waals surface area (Å²) in [6, 6.07) is 4.38. The van der Waals surface area contributed by atoms with Crippen LogP contribution in [0.25, 0.3) is 0 Å². The van der Waals surface area contributed by atoms with Gasteiger partial charge in [0.1, 0.15) is 5.82 Å². The van der Waals surface area contributed by atoms with Crippen LogP contribution in [-0.2, 0) is 4.74 Å². The molecule has 0 heterocycles. The van der Waals surface area contributed by atoms with Gasteiger partial charge in [-0.05, 0) is 12.1 Å². The monoisotopic (exact) mass is 246 g/mol. The summed E-state index contributed by atoms with van der Waals surface area (Å²) in [5, 5.41) is 3.50. The third-order valence-electron chi connectivity index (χ3n) is 2.27. The van der Waals surface area contributed by atoms with Crippen LogP contribution in [0.1, 0.15) is 11.6 Å². The Bertz CT molecular complexity index is 336. The van der Waals surface area contributed by atoms with Gasteiger partial charge in [-0.25, -0.2) is 4.39 Å². The lowest BCUT2D eigenvalue weighted by molar-refractivity contribution is 0.195. The Balaban J connectivity index is 2.70. The van der Waals surface area contributed by atoms with Crippen molar-refractivity contribution in [3.05, 3.63) is 34.6 Å². The summed E-state index contributed by atoms with van der Waals surface area (Å²) in [4.78, 5) is 0. The van der Waals surface area contributed by atoms with Crippen LogP contribution in [0.2, 0.25) is 5.02 Å². The number of hydrogen-bond donors (Lipinski definition) is 2. The molecule has 0 amide bonds. The number of benzene rings is 1. The molecule has 1 unspecified atom stereocenters. The second-order valence-corrected chi connectivity index (χ2v) is 3.84. The molecular weight excluding hydrogens is 231 g/mol.